The summed E-state index contributed by atoms with van der Waals surface area (Å²) in [7, 11) is -9.88. The molecular weight excluding hydrogens is 1130 g/mol. The fourth-order valence-electron chi connectivity index (χ4n) is 9.85. The average Bonchev–Trinajstić information content (AvgIpc) is 3.47. The lowest BCUT2D eigenvalue weighted by molar-refractivity contribution is -0.161. The van der Waals surface area contributed by atoms with E-state index in [0.29, 0.717) is 25.7 Å². The maximum absolute atomic E-state index is 13.0. The van der Waals surface area contributed by atoms with Crippen LogP contribution < -0.4 is 0 Å². The molecule has 504 valence electrons. The predicted molar refractivity (Wildman–Crippen MR) is 340 cm³/mol. The van der Waals surface area contributed by atoms with Crippen molar-refractivity contribution < 1.29 is 80.2 Å². The molecule has 0 aromatic carbocycles. The van der Waals surface area contributed by atoms with Gasteiger partial charge in [-0.05, 0) is 37.5 Å². The summed E-state index contributed by atoms with van der Waals surface area (Å²) in [4.78, 5) is 72.1. The highest BCUT2D eigenvalue weighted by atomic mass is 31.2. The molecule has 0 spiro atoms. The van der Waals surface area contributed by atoms with Crippen LogP contribution in [0.4, 0.5) is 0 Å². The van der Waals surface area contributed by atoms with E-state index in [1.54, 1.807) is 0 Å². The average molecular weight is 1260 g/mol. The minimum absolute atomic E-state index is 0.106. The van der Waals surface area contributed by atoms with Gasteiger partial charge in [-0.2, -0.15) is 0 Å². The first-order chi connectivity index (χ1) is 40.9. The number of rotatable bonds is 65. The van der Waals surface area contributed by atoms with Gasteiger partial charge in [0.2, 0.25) is 0 Å². The van der Waals surface area contributed by atoms with Crippen LogP contribution in [0.3, 0.4) is 0 Å². The lowest BCUT2D eigenvalue weighted by Crippen LogP contribution is -2.30. The molecule has 0 aromatic heterocycles. The Morgan fingerprint density at radius 3 is 0.894 bits per heavy atom. The number of phosphoric acid groups is 2. The van der Waals surface area contributed by atoms with E-state index in [-0.39, 0.29) is 25.7 Å². The van der Waals surface area contributed by atoms with E-state index >= 15 is 0 Å². The van der Waals surface area contributed by atoms with Gasteiger partial charge >= 0.3 is 39.5 Å². The third-order valence-electron chi connectivity index (χ3n) is 15.6. The van der Waals surface area contributed by atoms with E-state index in [1.165, 1.54) is 141 Å². The summed E-state index contributed by atoms with van der Waals surface area (Å²) in [6, 6.07) is 0. The minimum Gasteiger partial charge on any atom is -0.462 e. The molecule has 85 heavy (non-hydrogen) atoms. The third-order valence-corrected chi connectivity index (χ3v) is 17.5. The molecule has 6 atom stereocenters. The van der Waals surface area contributed by atoms with Crippen LogP contribution in [0.1, 0.15) is 330 Å². The molecule has 0 fully saturated rings. The predicted octanol–water partition coefficient (Wildman–Crippen LogP) is 18.4. The van der Waals surface area contributed by atoms with Crippen molar-refractivity contribution in [3.63, 3.8) is 0 Å². The number of ether oxygens (including phenoxy) is 4. The van der Waals surface area contributed by atoms with Crippen LogP contribution in [0.25, 0.3) is 0 Å². The Bertz CT molecular complexity index is 1670. The van der Waals surface area contributed by atoms with Crippen molar-refractivity contribution in [3.05, 3.63) is 0 Å². The molecule has 0 heterocycles. The van der Waals surface area contributed by atoms with Crippen LogP contribution in [0, 0.1) is 11.8 Å². The molecule has 0 saturated carbocycles. The number of phosphoric ester groups is 2. The number of hydrogen-bond acceptors (Lipinski definition) is 15. The highest BCUT2D eigenvalue weighted by Crippen LogP contribution is 2.45. The van der Waals surface area contributed by atoms with E-state index in [4.69, 9.17) is 37.0 Å². The number of hydrogen-bond donors (Lipinski definition) is 3. The topological polar surface area (TPSA) is 237 Å². The molecule has 0 amide bonds. The van der Waals surface area contributed by atoms with Gasteiger partial charge in [0.25, 0.3) is 0 Å². The Balaban J connectivity index is 5.17. The fraction of sp³-hybridized carbons (Fsp3) is 0.939. The van der Waals surface area contributed by atoms with Gasteiger partial charge in [-0.3, -0.25) is 37.3 Å². The fourth-order valence-corrected chi connectivity index (χ4v) is 11.4. The molecule has 0 radical (unpaired) electrons. The normalized spacial score (nSPS) is 14.6. The minimum atomic E-state index is -4.95. The molecule has 0 saturated heterocycles. The largest absolute Gasteiger partial charge is 0.472 e. The quantitative estimate of drug-likeness (QED) is 0.0222. The van der Waals surface area contributed by atoms with E-state index in [0.717, 1.165) is 108 Å². The Morgan fingerprint density at radius 2 is 0.600 bits per heavy atom. The summed E-state index contributed by atoms with van der Waals surface area (Å²) in [5.74, 6) is -0.576. The molecule has 0 aliphatic carbocycles. The molecule has 3 unspecified atom stereocenters. The zero-order chi connectivity index (χ0) is 62.9. The van der Waals surface area contributed by atoms with E-state index in [9.17, 15) is 43.2 Å². The van der Waals surface area contributed by atoms with Crippen LogP contribution >= 0.6 is 15.6 Å². The van der Waals surface area contributed by atoms with E-state index in [1.807, 2.05) is 0 Å². The summed E-state index contributed by atoms with van der Waals surface area (Å²) in [5, 5.41) is 10.5. The van der Waals surface area contributed by atoms with Gasteiger partial charge in [-0.1, -0.05) is 279 Å². The zero-order valence-electron chi connectivity index (χ0n) is 54.9. The number of unbranched alkanes of at least 4 members (excludes halogenated alkanes) is 34. The summed E-state index contributed by atoms with van der Waals surface area (Å²) >= 11 is 0. The standard InChI is InChI=1S/C66H128O17P2/c1-7-10-12-14-15-16-17-22-25-32-38-44-50-65(70)82-61(54-76-63(68)48-42-34-13-11-8-2)56-80-84(72,73)78-52-60(67)53-79-85(74,75)81-57-62(55-77-64(69)49-43-37-31-28-27-30-36-41-47-59(6)9-3)83-66(71)51-45-39-33-26-23-20-18-19-21-24-29-35-40-46-58(4)5/h58-62,67H,7-57H2,1-6H3,(H,72,73)(H,74,75)/t59?,60-,61+,62+/m0/s1. The Hall–Kier alpha value is -1.94. The molecular formula is C66H128O17P2. The van der Waals surface area contributed by atoms with E-state index in [2.05, 4.69) is 41.5 Å². The number of carbonyl (C=O) groups is 4. The molecule has 0 bridgehead atoms. The van der Waals surface area contributed by atoms with Crippen molar-refractivity contribution >= 4 is 39.5 Å². The first-order valence-electron chi connectivity index (χ1n) is 34.5. The van der Waals surface area contributed by atoms with Gasteiger partial charge in [0.15, 0.2) is 12.2 Å². The highest BCUT2D eigenvalue weighted by Gasteiger charge is 2.30. The van der Waals surface area contributed by atoms with Crippen LogP contribution in [-0.2, 0) is 65.4 Å². The first kappa shape index (κ1) is 83.1. The van der Waals surface area contributed by atoms with Gasteiger partial charge in [-0.15, -0.1) is 0 Å². The zero-order valence-corrected chi connectivity index (χ0v) is 56.7. The number of aliphatic hydroxyl groups excluding tert-OH is 1. The molecule has 0 rings (SSSR count). The van der Waals surface area contributed by atoms with Crippen LogP contribution in [0.5, 0.6) is 0 Å². The van der Waals surface area contributed by atoms with Crippen LogP contribution in [-0.4, -0.2) is 96.7 Å². The van der Waals surface area contributed by atoms with Crippen molar-refractivity contribution in [2.24, 2.45) is 11.8 Å². The van der Waals surface area contributed by atoms with Crippen molar-refractivity contribution in [2.45, 2.75) is 349 Å². The second kappa shape index (κ2) is 58.4. The van der Waals surface area contributed by atoms with Crippen molar-refractivity contribution in [3.8, 4) is 0 Å². The van der Waals surface area contributed by atoms with Gasteiger partial charge in [0.1, 0.15) is 19.3 Å². The lowest BCUT2D eigenvalue weighted by atomic mass is 9.99. The number of carbonyl (C=O) groups excluding carboxylic acids is 4. The monoisotopic (exact) mass is 1250 g/mol. The maximum atomic E-state index is 13.0. The van der Waals surface area contributed by atoms with Crippen molar-refractivity contribution in [1.82, 2.24) is 0 Å². The van der Waals surface area contributed by atoms with Gasteiger partial charge in [0.05, 0.1) is 26.4 Å². The van der Waals surface area contributed by atoms with Crippen molar-refractivity contribution in [2.75, 3.05) is 39.6 Å². The highest BCUT2D eigenvalue weighted by molar-refractivity contribution is 7.47. The summed E-state index contributed by atoms with van der Waals surface area (Å²) in [5.41, 5.74) is 0. The summed E-state index contributed by atoms with van der Waals surface area (Å²) < 4.78 is 67.9. The molecule has 0 aromatic rings. The summed E-state index contributed by atoms with van der Waals surface area (Å²) in [6.45, 7) is 9.45. The SMILES string of the molecule is CCCCCCCCCCCCCCC(=O)O[C@H](COC(=O)CCCCCCC)COP(=O)(O)OC[C@H](O)COP(=O)(O)OC[C@@H](COC(=O)CCCCCCCCCCC(C)CC)OC(=O)CCCCCCCCCCCCCCCC(C)C. The lowest BCUT2D eigenvalue weighted by Gasteiger charge is -2.21. The Labute approximate surface area is 517 Å². The van der Waals surface area contributed by atoms with Crippen molar-refractivity contribution in [1.29, 1.82) is 0 Å². The first-order valence-corrected chi connectivity index (χ1v) is 37.5. The Kier molecular flexibility index (Phi) is 57.1. The number of esters is 4. The van der Waals surface area contributed by atoms with E-state index < -0.39 is 97.5 Å². The molecule has 3 N–H and O–H groups in total. The van der Waals surface area contributed by atoms with Crippen LogP contribution in [0.15, 0.2) is 0 Å². The summed E-state index contributed by atoms with van der Waals surface area (Å²) in [6.07, 6.45) is 41.9. The molecule has 0 aliphatic heterocycles. The maximum Gasteiger partial charge on any atom is 0.472 e. The molecule has 17 nitrogen and oxygen atoms in total. The van der Waals surface area contributed by atoms with Crippen LogP contribution in [0.2, 0.25) is 0 Å². The van der Waals surface area contributed by atoms with Gasteiger partial charge < -0.3 is 33.8 Å². The number of aliphatic hydroxyl groups is 1. The second-order valence-corrected chi connectivity index (χ2v) is 27.5. The molecule has 0 aliphatic rings. The smallest absolute Gasteiger partial charge is 0.462 e. The Morgan fingerprint density at radius 1 is 0.341 bits per heavy atom. The van der Waals surface area contributed by atoms with Gasteiger partial charge in [-0.25, -0.2) is 9.13 Å². The molecule has 19 heteroatoms. The van der Waals surface area contributed by atoms with Gasteiger partial charge in [0, 0.05) is 25.7 Å². The second-order valence-electron chi connectivity index (χ2n) is 24.6. The third kappa shape index (κ3) is 59.5.